The molecule has 8 heteroatoms. The number of benzene rings is 2. The predicted molar refractivity (Wildman–Crippen MR) is 142 cm³/mol. The number of carbonyl (C=O) groups is 1. The fourth-order valence-electron chi connectivity index (χ4n) is 4.10. The van der Waals surface area contributed by atoms with Gasteiger partial charge in [0.15, 0.2) is 5.96 Å². The maximum absolute atomic E-state index is 11.8. The zero-order valence-corrected chi connectivity index (χ0v) is 22.2. The maximum atomic E-state index is 11.8. The highest BCUT2D eigenvalue weighted by Crippen LogP contribution is 2.22. The number of rotatable bonds is 7. The molecule has 1 aliphatic rings. The van der Waals surface area contributed by atoms with Crippen molar-refractivity contribution in [2.45, 2.75) is 44.9 Å². The molecular formula is C25H35IN4O3. The van der Waals surface area contributed by atoms with E-state index in [4.69, 9.17) is 9.47 Å². The van der Waals surface area contributed by atoms with Crippen molar-refractivity contribution in [2.24, 2.45) is 4.99 Å². The van der Waals surface area contributed by atoms with Gasteiger partial charge in [0.25, 0.3) is 0 Å². The first-order chi connectivity index (χ1) is 15.5. The molecule has 2 N–H and O–H groups in total. The van der Waals surface area contributed by atoms with Gasteiger partial charge >= 0.3 is 5.97 Å². The minimum absolute atomic E-state index is 0. The van der Waals surface area contributed by atoms with Gasteiger partial charge in [-0.15, -0.1) is 24.0 Å². The molecular weight excluding hydrogens is 531 g/mol. The molecule has 0 saturated carbocycles. The smallest absolute Gasteiger partial charge is 0.341 e. The number of likely N-dealkylation sites (tertiary alicyclic amines) is 1. The van der Waals surface area contributed by atoms with E-state index >= 15 is 0 Å². The summed E-state index contributed by atoms with van der Waals surface area (Å²) < 4.78 is 10.1. The van der Waals surface area contributed by atoms with Gasteiger partial charge in [-0.25, -0.2) is 4.79 Å². The Labute approximate surface area is 214 Å². The number of nitrogens with one attached hydrogen (secondary N) is 2. The number of guanidine groups is 1. The van der Waals surface area contributed by atoms with Crippen LogP contribution in [0, 0.1) is 0 Å². The van der Waals surface area contributed by atoms with Gasteiger partial charge in [0.1, 0.15) is 11.3 Å². The van der Waals surface area contributed by atoms with Gasteiger partial charge in [-0.05, 0) is 43.0 Å². The Morgan fingerprint density at radius 1 is 1.15 bits per heavy atom. The molecule has 2 aromatic carbocycles. The Morgan fingerprint density at radius 2 is 1.91 bits per heavy atom. The third-order valence-corrected chi connectivity index (χ3v) is 5.94. The first-order valence-corrected chi connectivity index (χ1v) is 11.0. The molecule has 0 radical (unpaired) electrons. The van der Waals surface area contributed by atoms with E-state index in [1.807, 2.05) is 12.1 Å². The molecule has 1 heterocycles. The van der Waals surface area contributed by atoms with E-state index in [0.29, 0.717) is 29.9 Å². The van der Waals surface area contributed by atoms with Crippen LogP contribution in [0.15, 0.2) is 53.5 Å². The maximum Gasteiger partial charge on any atom is 0.341 e. The summed E-state index contributed by atoms with van der Waals surface area (Å²) in [5.41, 5.74) is 2.76. The number of carbonyl (C=O) groups excluding carboxylic acids is 1. The number of hydrogen-bond donors (Lipinski definition) is 2. The molecule has 2 aromatic rings. The molecule has 0 amide bonds. The molecule has 0 aliphatic carbocycles. The second kappa shape index (κ2) is 13.4. The van der Waals surface area contributed by atoms with Gasteiger partial charge in [0.2, 0.25) is 0 Å². The van der Waals surface area contributed by atoms with Crippen molar-refractivity contribution in [3.63, 3.8) is 0 Å². The standard InChI is InChI=1S/C25H34N4O3.HI/c1-18-14-21(12-13-29(18)17-19-8-6-5-7-9-19)28-25(26-2)27-16-20-10-11-22(24(30)32-4)23(15-20)31-3;/h5-11,15,18,21H,12-14,16-17H2,1-4H3,(H2,26,27,28);1H. The second-order valence-corrected chi connectivity index (χ2v) is 8.12. The van der Waals surface area contributed by atoms with Crippen molar-refractivity contribution in [2.75, 3.05) is 27.8 Å². The summed E-state index contributed by atoms with van der Waals surface area (Å²) in [7, 11) is 4.69. The van der Waals surface area contributed by atoms with Crippen LogP contribution < -0.4 is 15.4 Å². The Balaban J connectivity index is 0.00000385. The Bertz CT molecular complexity index is 923. The lowest BCUT2D eigenvalue weighted by Gasteiger charge is -2.38. The van der Waals surface area contributed by atoms with Gasteiger partial charge in [-0.2, -0.15) is 0 Å². The van der Waals surface area contributed by atoms with E-state index in [-0.39, 0.29) is 24.0 Å². The van der Waals surface area contributed by atoms with E-state index in [1.54, 1.807) is 20.2 Å². The van der Waals surface area contributed by atoms with E-state index in [1.165, 1.54) is 12.7 Å². The number of aliphatic imine (C=N–C) groups is 1. The van der Waals surface area contributed by atoms with Gasteiger partial charge < -0.3 is 20.1 Å². The average Bonchev–Trinajstić information content (AvgIpc) is 2.83. The lowest BCUT2D eigenvalue weighted by molar-refractivity contribution is 0.0597. The number of ether oxygens (including phenoxy) is 2. The van der Waals surface area contributed by atoms with Crippen LogP contribution in [-0.2, 0) is 17.8 Å². The van der Waals surface area contributed by atoms with Crippen molar-refractivity contribution in [1.82, 2.24) is 15.5 Å². The SMILES string of the molecule is CN=C(NCc1ccc(C(=O)OC)c(OC)c1)NC1CCN(Cc2ccccc2)C(C)C1.I. The molecule has 2 atom stereocenters. The van der Waals surface area contributed by atoms with Crippen LogP contribution in [0.5, 0.6) is 5.75 Å². The van der Waals surface area contributed by atoms with E-state index in [9.17, 15) is 4.79 Å². The van der Waals surface area contributed by atoms with Crippen LogP contribution in [0.2, 0.25) is 0 Å². The highest BCUT2D eigenvalue weighted by atomic mass is 127. The lowest BCUT2D eigenvalue weighted by Crippen LogP contribution is -2.51. The average molecular weight is 566 g/mol. The summed E-state index contributed by atoms with van der Waals surface area (Å²) in [6.07, 6.45) is 2.13. The minimum Gasteiger partial charge on any atom is -0.496 e. The van der Waals surface area contributed by atoms with Gasteiger partial charge in [-0.1, -0.05) is 36.4 Å². The van der Waals surface area contributed by atoms with Gasteiger partial charge in [0.05, 0.1) is 14.2 Å². The van der Waals surface area contributed by atoms with Gasteiger partial charge in [0, 0.05) is 38.8 Å². The number of piperidine rings is 1. The predicted octanol–water partition coefficient (Wildman–Crippen LogP) is 3.82. The van der Waals surface area contributed by atoms with Crippen LogP contribution in [0.1, 0.15) is 41.3 Å². The molecule has 2 unspecified atom stereocenters. The normalized spacial score (nSPS) is 18.7. The molecule has 1 saturated heterocycles. The van der Waals surface area contributed by atoms with Crippen LogP contribution in [0.25, 0.3) is 0 Å². The largest absolute Gasteiger partial charge is 0.496 e. The zero-order valence-electron chi connectivity index (χ0n) is 19.8. The Morgan fingerprint density at radius 3 is 2.55 bits per heavy atom. The zero-order chi connectivity index (χ0) is 22.9. The van der Waals surface area contributed by atoms with Crippen LogP contribution >= 0.6 is 24.0 Å². The van der Waals surface area contributed by atoms with E-state index < -0.39 is 5.97 Å². The highest BCUT2D eigenvalue weighted by Gasteiger charge is 2.26. The third-order valence-electron chi connectivity index (χ3n) is 5.94. The number of hydrogen-bond acceptors (Lipinski definition) is 5. The van der Waals surface area contributed by atoms with Crippen molar-refractivity contribution in [3.8, 4) is 5.75 Å². The third kappa shape index (κ3) is 7.60. The summed E-state index contributed by atoms with van der Waals surface area (Å²) >= 11 is 0. The fraction of sp³-hybridized carbons (Fsp3) is 0.440. The molecule has 7 nitrogen and oxygen atoms in total. The van der Waals surface area contributed by atoms with Crippen molar-refractivity contribution < 1.29 is 14.3 Å². The van der Waals surface area contributed by atoms with Crippen LogP contribution in [0.3, 0.4) is 0 Å². The molecule has 0 bridgehead atoms. The van der Waals surface area contributed by atoms with Crippen LogP contribution in [0.4, 0.5) is 0 Å². The summed E-state index contributed by atoms with van der Waals surface area (Å²) in [5, 5.41) is 6.93. The van der Waals surface area contributed by atoms with Gasteiger partial charge in [-0.3, -0.25) is 9.89 Å². The quantitative estimate of drug-likeness (QED) is 0.230. The lowest BCUT2D eigenvalue weighted by atomic mass is 9.97. The Hall–Kier alpha value is -2.33. The number of methoxy groups -OCH3 is 2. The van der Waals surface area contributed by atoms with Crippen molar-refractivity contribution in [1.29, 1.82) is 0 Å². The number of halogens is 1. The summed E-state index contributed by atoms with van der Waals surface area (Å²) in [4.78, 5) is 18.8. The number of esters is 1. The molecule has 1 fully saturated rings. The first kappa shape index (κ1) is 26.9. The molecule has 0 aromatic heterocycles. The molecule has 180 valence electrons. The first-order valence-electron chi connectivity index (χ1n) is 11.0. The second-order valence-electron chi connectivity index (χ2n) is 8.12. The highest BCUT2D eigenvalue weighted by molar-refractivity contribution is 14.0. The Kier molecular flexibility index (Phi) is 10.9. The fourth-order valence-corrected chi connectivity index (χ4v) is 4.10. The molecule has 3 rings (SSSR count). The van der Waals surface area contributed by atoms with Crippen LogP contribution in [-0.4, -0.2) is 56.7 Å². The topological polar surface area (TPSA) is 75.2 Å². The van der Waals surface area contributed by atoms with E-state index in [0.717, 1.165) is 37.5 Å². The number of nitrogens with zero attached hydrogens (tertiary/aromatic N) is 2. The molecule has 1 aliphatic heterocycles. The summed E-state index contributed by atoms with van der Waals surface area (Å²) in [6.45, 7) is 4.91. The van der Waals surface area contributed by atoms with Crippen molar-refractivity contribution >= 4 is 35.9 Å². The molecule has 0 spiro atoms. The summed E-state index contributed by atoms with van der Waals surface area (Å²) in [5.74, 6) is 0.861. The van der Waals surface area contributed by atoms with Crippen molar-refractivity contribution in [3.05, 3.63) is 65.2 Å². The summed E-state index contributed by atoms with van der Waals surface area (Å²) in [6, 6.07) is 17.0. The minimum atomic E-state index is -0.411. The van der Waals surface area contributed by atoms with E-state index in [2.05, 4.69) is 57.8 Å². The monoisotopic (exact) mass is 566 g/mol. The molecule has 33 heavy (non-hydrogen) atoms.